The molecule has 2 aromatic carbocycles. The van der Waals surface area contributed by atoms with Crippen LogP contribution in [0.25, 0.3) is 0 Å². The summed E-state index contributed by atoms with van der Waals surface area (Å²) in [5, 5.41) is 3.35. The average molecular weight is 312 g/mol. The van der Waals surface area contributed by atoms with Crippen molar-refractivity contribution in [3.63, 3.8) is 0 Å². The average Bonchev–Trinajstić information content (AvgIpc) is 2.59. The number of nitrogens with zero attached hydrogens (tertiary/aromatic N) is 1. The SMILES string of the molecule is Fc1ccccc1NC1CCN(CCCc2ccccc2)CC1. The van der Waals surface area contributed by atoms with Crippen molar-refractivity contribution in [2.24, 2.45) is 0 Å². The molecule has 1 heterocycles. The van der Waals surface area contributed by atoms with Crippen molar-refractivity contribution in [3.8, 4) is 0 Å². The smallest absolute Gasteiger partial charge is 0.146 e. The fourth-order valence-corrected chi connectivity index (χ4v) is 3.25. The standard InChI is InChI=1S/C20H25FN2/c21-19-10-4-5-11-20(19)22-18-12-15-23(16-13-18)14-6-9-17-7-2-1-3-8-17/h1-5,7-8,10-11,18,22H,6,9,12-16H2. The summed E-state index contributed by atoms with van der Waals surface area (Å²) in [4.78, 5) is 2.53. The molecule has 122 valence electrons. The summed E-state index contributed by atoms with van der Waals surface area (Å²) in [5.41, 5.74) is 2.05. The molecular weight excluding hydrogens is 287 g/mol. The molecule has 0 unspecified atom stereocenters. The maximum atomic E-state index is 13.7. The molecule has 1 aliphatic rings. The lowest BCUT2D eigenvalue weighted by Gasteiger charge is -2.33. The highest BCUT2D eigenvalue weighted by Crippen LogP contribution is 2.19. The van der Waals surface area contributed by atoms with Crippen molar-refractivity contribution in [2.45, 2.75) is 31.7 Å². The van der Waals surface area contributed by atoms with E-state index in [2.05, 4.69) is 40.5 Å². The fraction of sp³-hybridized carbons (Fsp3) is 0.400. The normalized spacial score (nSPS) is 16.4. The van der Waals surface area contributed by atoms with E-state index in [9.17, 15) is 4.39 Å². The monoisotopic (exact) mass is 312 g/mol. The second kappa shape index (κ2) is 8.11. The molecular formula is C20H25FN2. The fourth-order valence-electron chi connectivity index (χ4n) is 3.25. The van der Waals surface area contributed by atoms with Crippen LogP contribution in [0.3, 0.4) is 0 Å². The van der Waals surface area contributed by atoms with Gasteiger partial charge in [-0.25, -0.2) is 4.39 Å². The van der Waals surface area contributed by atoms with Gasteiger partial charge in [0.2, 0.25) is 0 Å². The van der Waals surface area contributed by atoms with E-state index in [0.29, 0.717) is 11.7 Å². The number of rotatable bonds is 6. The lowest BCUT2D eigenvalue weighted by atomic mass is 10.0. The summed E-state index contributed by atoms with van der Waals surface area (Å²) < 4.78 is 13.7. The Kier molecular flexibility index (Phi) is 5.65. The third-order valence-electron chi connectivity index (χ3n) is 4.60. The Morgan fingerprint density at radius 3 is 2.39 bits per heavy atom. The quantitative estimate of drug-likeness (QED) is 0.854. The third-order valence-corrected chi connectivity index (χ3v) is 4.60. The van der Waals surface area contributed by atoms with Crippen LogP contribution in [0.15, 0.2) is 54.6 Å². The predicted octanol–water partition coefficient (Wildman–Crippen LogP) is 4.33. The second-order valence-electron chi connectivity index (χ2n) is 6.33. The van der Waals surface area contributed by atoms with Crippen molar-refractivity contribution in [1.82, 2.24) is 4.90 Å². The Hall–Kier alpha value is -1.87. The summed E-state index contributed by atoms with van der Waals surface area (Å²) in [6.07, 6.45) is 4.52. The van der Waals surface area contributed by atoms with Gasteiger partial charge in [0.05, 0.1) is 5.69 Å². The van der Waals surface area contributed by atoms with Crippen LogP contribution in [0, 0.1) is 5.82 Å². The summed E-state index contributed by atoms with van der Waals surface area (Å²) in [5.74, 6) is -0.155. The molecule has 0 bridgehead atoms. The number of halogens is 1. The highest BCUT2D eigenvalue weighted by molar-refractivity contribution is 5.45. The van der Waals surface area contributed by atoms with Crippen molar-refractivity contribution in [2.75, 3.05) is 25.0 Å². The first kappa shape index (κ1) is 16.0. The number of para-hydroxylation sites is 1. The van der Waals surface area contributed by atoms with Crippen LogP contribution in [-0.2, 0) is 6.42 Å². The zero-order valence-electron chi connectivity index (χ0n) is 13.5. The van der Waals surface area contributed by atoms with Gasteiger partial charge in [-0.3, -0.25) is 0 Å². The lowest BCUT2D eigenvalue weighted by Crippen LogP contribution is -2.39. The maximum absolute atomic E-state index is 13.7. The second-order valence-corrected chi connectivity index (χ2v) is 6.33. The van der Waals surface area contributed by atoms with Gasteiger partial charge in [-0.1, -0.05) is 42.5 Å². The molecule has 1 saturated heterocycles. The molecule has 1 aliphatic heterocycles. The molecule has 0 atom stereocenters. The highest BCUT2D eigenvalue weighted by Gasteiger charge is 2.19. The van der Waals surface area contributed by atoms with Gasteiger partial charge < -0.3 is 10.2 Å². The molecule has 23 heavy (non-hydrogen) atoms. The molecule has 2 nitrogen and oxygen atoms in total. The molecule has 0 radical (unpaired) electrons. The number of anilines is 1. The molecule has 1 N–H and O–H groups in total. The predicted molar refractivity (Wildman–Crippen MR) is 94.2 cm³/mol. The molecule has 3 rings (SSSR count). The van der Waals surface area contributed by atoms with E-state index in [0.717, 1.165) is 38.9 Å². The van der Waals surface area contributed by atoms with Crippen molar-refractivity contribution in [1.29, 1.82) is 0 Å². The van der Waals surface area contributed by atoms with Crippen LogP contribution in [-0.4, -0.2) is 30.6 Å². The molecule has 0 aromatic heterocycles. The van der Waals surface area contributed by atoms with E-state index in [4.69, 9.17) is 0 Å². The first-order valence-corrected chi connectivity index (χ1v) is 8.58. The van der Waals surface area contributed by atoms with E-state index in [1.165, 1.54) is 18.1 Å². The van der Waals surface area contributed by atoms with Gasteiger partial charge in [-0.05, 0) is 49.9 Å². The van der Waals surface area contributed by atoms with Gasteiger partial charge in [0.15, 0.2) is 0 Å². The van der Waals surface area contributed by atoms with Crippen LogP contribution in [0.1, 0.15) is 24.8 Å². The summed E-state index contributed by atoms with van der Waals surface area (Å²) in [7, 11) is 0. The van der Waals surface area contributed by atoms with Crippen LogP contribution in [0.2, 0.25) is 0 Å². The Morgan fingerprint density at radius 2 is 1.65 bits per heavy atom. The highest BCUT2D eigenvalue weighted by atomic mass is 19.1. The number of hydrogen-bond donors (Lipinski definition) is 1. The number of likely N-dealkylation sites (tertiary alicyclic amines) is 1. The molecule has 0 aliphatic carbocycles. The Morgan fingerprint density at radius 1 is 0.957 bits per heavy atom. The van der Waals surface area contributed by atoms with Gasteiger partial charge in [-0.15, -0.1) is 0 Å². The van der Waals surface area contributed by atoms with Crippen LogP contribution >= 0.6 is 0 Å². The lowest BCUT2D eigenvalue weighted by molar-refractivity contribution is 0.217. The largest absolute Gasteiger partial charge is 0.380 e. The van der Waals surface area contributed by atoms with Gasteiger partial charge >= 0.3 is 0 Å². The van der Waals surface area contributed by atoms with Crippen molar-refractivity contribution < 1.29 is 4.39 Å². The molecule has 2 aromatic rings. The van der Waals surface area contributed by atoms with Gasteiger partial charge in [-0.2, -0.15) is 0 Å². The number of piperidine rings is 1. The van der Waals surface area contributed by atoms with Crippen molar-refractivity contribution in [3.05, 3.63) is 66.0 Å². The zero-order chi connectivity index (χ0) is 15.9. The van der Waals surface area contributed by atoms with Gasteiger partial charge in [0, 0.05) is 19.1 Å². The summed E-state index contributed by atoms with van der Waals surface area (Å²) in [6.45, 7) is 3.35. The minimum atomic E-state index is -0.155. The molecule has 0 amide bonds. The van der Waals surface area contributed by atoms with E-state index < -0.39 is 0 Å². The van der Waals surface area contributed by atoms with Crippen LogP contribution < -0.4 is 5.32 Å². The minimum absolute atomic E-state index is 0.155. The van der Waals surface area contributed by atoms with E-state index >= 15 is 0 Å². The Balaban J connectivity index is 1.38. The molecule has 3 heteroatoms. The molecule has 0 saturated carbocycles. The first-order valence-electron chi connectivity index (χ1n) is 8.58. The van der Waals surface area contributed by atoms with Crippen molar-refractivity contribution >= 4 is 5.69 Å². The van der Waals surface area contributed by atoms with Crippen LogP contribution in [0.4, 0.5) is 10.1 Å². The number of aryl methyl sites for hydroxylation is 1. The maximum Gasteiger partial charge on any atom is 0.146 e. The van der Waals surface area contributed by atoms with E-state index in [1.807, 2.05) is 12.1 Å². The van der Waals surface area contributed by atoms with Gasteiger partial charge in [0.25, 0.3) is 0 Å². The number of hydrogen-bond acceptors (Lipinski definition) is 2. The summed E-state index contributed by atoms with van der Waals surface area (Å²) in [6, 6.07) is 18.0. The third kappa shape index (κ3) is 4.80. The van der Waals surface area contributed by atoms with E-state index in [-0.39, 0.29) is 5.82 Å². The Bertz CT molecular complexity index is 592. The number of benzene rings is 2. The summed E-state index contributed by atoms with van der Waals surface area (Å²) >= 11 is 0. The minimum Gasteiger partial charge on any atom is -0.380 e. The van der Waals surface area contributed by atoms with Crippen LogP contribution in [0.5, 0.6) is 0 Å². The molecule has 1 fully saturated rings. The van der Waals surface area contributed by atoms with E-state index in [1.54, 1.807) is 6.07 Å². The van der Waals surface area contributed by atoms with Gasteiger partial charge in [0.1, 0.15) is 5.82 Å². The zero-order valence-corrected chi connectivity index (χ0v) is 13.5. The topological polar surface area (TPSA) is 15.3 Å². The number of nitrogens with one attached hydrogen (secondary N) is 1. The first-order chi connectivity index (χ1) is 11.3. The Labute approximate surface area is 138 Å². The molecule has 0 spiro atoms.